The molecule has 0 heterocycles. The van der Waals surface area contributed by atoms with E-state index in [4.69, 9.17) is 22.8 Å². The van der Waals surface area contributed by atoms with Crippen molar-refractivity contribution in [2.45, 2.75) is 40.5 Å². The van der Waals surface area contributed by atoms with Crippen LogP contribution in [0.5, 0.6) is 0 Å². The molecule has 1 nitrogen and oxygen atoms in total. The van der Waals surface area contributed by atoms with Crippen molar-refractivity contribution in [1.82, 2.24) is 0 Å². The minimum absolute atomic E-state index is 0.198. The van der Waals surface area contributed by atoms with Gasteiger partial charge in [-0.15, -0.1) is 0 Å². The van der Waals surface area contributed by atoms with E-state index in [0.717, 1.165) is 12.8 Å². The number of halogens is 2. The molecule has 0 aliphatic heterocycles. The maximum atomic E-state index is 7.37. The average Bonchev–Trinajstić information content (AvgIpc) is 3.08. The van der Waals surface area contributed by atoms with Crippen LogP contribution in [-0.4, -0.2) is 0 Å². The second kappa shape index (κ2) is 7.80. The zero-order valence-electron chi connectivity index (χ0n) is 17.1. The van der Waals surface area contributed by atoms with Gasteiger partial charge in [0.15, 0.2) is 0 Å². The zero-order chi connectivity index (χ0) is 20.8. The monoisotopic (exact) mass is 472 g/mol. The Morgan fingerprint density at radius 1 is 0.733 bits per heavy atom. The Hall–Kier alpha value is -1.09. The number of hydrogen-bond acceptors (Lipinski definition) is 1. The summed E-state index contributed by atoms with van der Waals surface area (Å²) in [5.74, 6) is 0.729. The van der Waals surface area contributed by atoms with Crippen LogP contribution >= 0.6 is 18.6 Å². The Labute approximate surface area is 188 Å². The fraction of sp³-hybridized carbons (Fsp3) is 0.308. The summed E-state index contributed by atoms with van der Waals surface area (Å²) in [7, 11) is 14.7. The van der Waals surface area contributed by atoms with Crippen LogP contribution in [0.25, 0.3) is 11.1 Å². The molecule has 0 spiro atoms. The predicted octanol–water partition coefficient (Wildman–Crippen LogP) is 7.85. The third-order valence-corrected chi connectivity index (χ3v) is 15.9. The van der Waals surface area contributed by atoms with E-state index in [1.54, 1.807) is 0 Å². The second-order valence-corrected chi connectivity index (χ2v) is 23.3. The standard InChI is InChI=1S/C19H19.C7H7.2ClH.H2N.Ti/c1-2-8-14(9-3-1)19-17-12-6-4-10-15(17)16-11-5-7-13-18(16)19;1-7-5-3-2-4-6-7;;;;/h4-8,10-14,19H,1-3,9H2;2-6H,1H2;2*1H;1H2;/q;;;;-1;+3/p-2. The van der Waals surface area contributed by atoms with Gasteiger partial charge in [-0.1, -0.05) is 0 Å². The SMILES string of the molecule is [NH2][Ti]([Cl])([Cl])([CH2]c1ccccc1)[CH]1CCCCC1C1c2ccccc2-c2ccccc21. The molecule has 2 aliphatic rings. The molecule has 2 atom stereocenters. The molecule has 0 saturated heterocycles. The summed E-state index contributed by atoms with van der Waals surface area (Å²) in [5, 5.41) is 0. The van der Waals surface area contributed by atoms with Gasteiger partial charge in [0.25, 0.3) is 0 Å². The van der Waals surface area contributed by atoms with Crippen molar-refractivity contribution in [2.24, 2.45) is 10.1 Å². The van der Waals surface area contributed by atoms with Gasteiger partial charge in [0.1, 0.15) is 0 Å². The van der Waals surface area contributed by atoms with Crippen LogP contribution < -0.4 is 4.22 Å². The van der Waals surface area contributed by atoms with Crippen LogP contribution in [0.4, 0.5) is 0 Å². The van der Waals surface area contributed by atoms with Gasteiger partial charge in [-0.3, -0.25) is 0 Å². The molecule has 3 aromatic carbocycles. The van der Waals surface area contributed by atoms with Gasteiger partial charge in [0.05, 0.1) is 0 Å². The fourth-order valence-corrected chi connectivity index (χ4v) is 14.7. The van der Waals surface area contributed by atoms with Gasteiger partial charge in [0, 0.05) is 0 Å². The van der Waals surface area contributed by atoms with Crippen LogP contribution in [0.1, 0.15) is 48.3 Å². The first-order chi connectivity index (χ1) is 14.4. The van der Waals surface area contributed by atoms with E-state index in [-0.39, 0.29) is 4.22 Å². The molecule has 2 N–H and O–H groups in total. The number of rotatable bonds is 4. The van der Waals surface area contributed by atoms with Crippen LogP contribution in [0.2, 0.25) is 4.22 Å². The summed E-state index contributed by atoms with van der Waals surface area (Å²) in [6, 6.07) is 28.0. The molecule has 3 aromatic rings. The van der Waals surface area contributed by atoms with Crippen molar-refractivity contribution >= 4 is 18.6 Å². The van der Waals surface area contributed by atoms with Gasteiger partial charge in [0.2, 0.25) is 0 Å². The van der Waals surface area contributed by atoms with Crippen molar-refractivity contribution in [3.8, 4) is 11.1 Å². The summed E-state index contributed by atoms with van der Waals surface area (Å²) >= 11 is -4.28. The molecule has 2 unspecified atom stereocenters. The molecule has 5 rings (SSSR count). The van der Waals surface area contributed by atoms with Crippen molar-refractivity contribution in [3.63, 3.8) is 0 Å². The summed E-state index contributed by atoms with van der Waals surface area (Å²) in [4.78, 5) is 0. The zero-order valence-corrected chi connectivity index (χ0v) is 20.2. The van der Waals surface area contributed by atoms with Gasteiger partial charge >= 0.3 is 189 Å². The summed E-state index contributed by atoms with van der Waals surface area (Å²) in [6.07, 6.45) is 4.58. The molecule has 2 aliphatic carbocycles. The Morgan fingerprint density at radius 2 is 1.27 bits per heavy atom. The van der Waals surface area contributed by atoms with E-state index in [0.29, 0.717) is 16.6 Å². The number of fused-ring (bicyclic) bond motifs is 3. The Balaban J connectivity index is 1.58. The molecular weight excluding hydrogens is 445 g/mol. The number of benzene rings is 3. The molecular formula is C26H28Cl2NTi. The van der Waals surface area contributed by atoms with E-state index >= 15 is 0 Å². The van der Waals surface area contributed by atoms with Crippen molar-refractivity contribution in [3.05, 3.63) is 95.6 Å². The topological polar surface area (TPSA) is 26.0 Å². The van der Waals surface area contributed by atoms with Crippen LogP contribution in [0, 0.1) is 5.92 Å². The van der Waals surface area contributed by atoms with Crippen molar-refractivity contribution in [2.75, 3.05) is 0 Å². The third-order valence-electron chi connectivity index (χ3n) is 7.27. The van der Waals surface area contributed by atoms with Gasteiger partial charge < -0.3 is 0 Å². The van der Waals surface area contributed by atoms with Crippen molar-refractivity contribution < 1.29 is 13.4 Å². The molecule has 0 bridgehead atoms. The first-order valence-corrected chi connectivity index (χ1v) is 18.2. The molecule has 0 amide bonds. The predicted molar refractivity (Wildman–Crippen MR) is 125 cm³/mol. The molecule has 1 saturated carbocycles. The van der Waals surface area contributed by atoms with E-state index in [1.165, 1.54) is 40.7 Å². The number of nitrogens with two attached hydrogens (primary N) is 1. The maximum absolute atomic E-state index is 7.37. The Morgan fingerprint density at radius 3 is 1.90 bits per heavy atom. The molecule has 155 valence electrons. The van der Waals surface area contributed by atoms with Gasteiger partial charge in [-0.05, 0) is 0 Å². The van der Waals surface area contributed by atoms with Crippen molar-refractivity contribution in [1.29, 1.82) is 0 Å². The number of hydrogen-bond donors (Lipinski definition) is 1. The first kappa shape index (κ1) is 20.8. The van der Waals surface area contributed by atoms with Crippen LogP contribution in [0.3, 0.4) is 0 Å². The third kappa shape index (κ3) is 3.70. The van der Waals surface area contributed by atoms with E-state index in [1.807, 2.05) is 18.2 Å². The summed E-state index contributed by atoms with van der Waals surface area (Å²) in [5.41, 5.74) is 6.73. The minimum atomic E-state index is -4.28. The fourth-order valence-electron chi connectivity index (χ4n) is 6.06. The quantitative estimate of drug-likeness (QED) is 0.384. The Bertz CT molecular complexity index is 1010. The van der Waals surface area contributed by atoms with E-state index in [2.05, 4.69) is 60.7 Å². The van der Waals surface area contributed by atoms with Crippen LogP contribution in [0.15, 0.2) is 78.9 Å². The van der Waals surface area contributed by atoms with Gasteiger partial charge in [-0.25, -0.2) is 0 Å². The molecule has 1 fully saturated rings. The second-order valence-electron chi connectivity index (χ2n) is 9.22. The van der Waals surface area contributed by atoms with E-state index in [9.17, 15) is 0 Å². The summed E-state index contributed by atoms with van der Waals surface area (Å²) < 4.78 is 7.92. The van der Waals surface area contributed by atoms with Gasteiger partial charge in [-0.2, -0.15) is 0 Å². The van der Waals surface area contributed by atoms with E-state index < -0.39 is 13.4 Å². The van der Waals surface area contributed by atoms with Crippen LogP contribution in [-0.2, 0) is 18.2 Å². The average molecular weight is 473 g/mol. The Kier molecular flexibility index (Phi) is 5.41. The normalized spacial score (nSPS) is 22.7. The molecule has 0 aromatic heterocycles. The molecule has 0 radical (unpaired) electrons. The first-order valence-electron chi connectivity index (χ1n) is 11.0. The summed E-state index contributed by atoms with van der Waals surface area (Å²) in [6.45, 7) is 0. The molecule has 4 heteroatoms. The molecule has 30 heavy (non-hydrogen) atoms.